The molecule has 0 saturated heterocycles. The SMILES string of the molecule is CC(NC(=O)c1cccc(Cl)c1)C(C)C(N)=O. The highest BCUT2D eigenvalue weighted by atomic mass is 35.5. The maximum atomic E-state index is 11.8. The summed E-state index contributed by atoms with van der Waals surface area (Å²) in [5, 5.41) is 3.20. The monoisotopic (exact) mass is 254 g/mol. The zero-order valence-electron chi connectivity index (χ0n) is 9.74. The van der Waals surface area contributed by atoms with Gasteiger partial charge >= 0.3 is 0 Å². The molecular weight excluding hydrogens is 240 g/mol. The third kappa shape index (κ3) is 3.75. The van der Waals surface area contributed by atoms with Gasteiger partial charge in [0.05, 0.1) is 5.92 Å². The molecule has 0 saturated carbocycles. The lowest BCUT2D eigenvalue weighted by molar-refractivity contribution is -0.121. The van der Waals surface area contributed by atoms with Crippen LogP contribution in [-0.4, -0.2) is 17.9 Å². The number of hydrogen-bond acceptors (Lipinski definition) is 2. The first-order chi connectivity index (χ1) is 7.91. The van der Waals surface area contributed by atoms with E-state index >= 15 is 0 Å². The number of nitrogens with two attached hydrogens (primary N) is 1. The Labute approximate surface area is 105 Å². The van der Waals surface area contributed by atoms with Crippen LogP contribution in [0.3, 0.4) is 0 Å². The van der Waals surface area contributed by atoms with Crippen LogP contribution in [-0.2, 0) is 4.79 Å². The highest BCUT2D eigenvalue weighted by molar-refractivity contribution is 6.30. The molecule has 0 aliphatic heterocycles. The summed E-state index contributed by atoms with van der Waals surface area (Å²) in [4.78, 5) is 22.8. The molecular formula is C12H15ClN2O2. The van der Waals surface area contributed by atoms with Gasteiger partial charge in [-0.05, 0) is 25.1 Å². The number of rotatable bonds is 4. The fourth-order valence-corrected chi connectivity index (χ4v) is 1.48. The fourth-order valence-electron chi connectivity index (χ4n) is 1.29. The minimum atomic E-state index is -0.441. The normalized spacial score (nSPS) is 13.8. The predicted molar refractivity (Wildman–Crippen MR) is 66.7 cm³/mol. The van der Waals surface area contributed by atoms with Crippen molar-refractivity contribution in [3.63, 3.8) is 0 Å². The summed E-state index contributed by atoms with van der Waals surface area (Å²) >= 11 is 5.78. The first-order valence-corrected chi connectivity index (χ1v) is 5.65. The van der Waals surface area contributed by atoms with Crippen LogP contribution < -0.4 is 11.1 Å². The maximum Gasteiger partial charge on any atom is 0.251 e. The van der Waals surface area contributed by atoms with Gasteiger partial charge in [-0.3, -0.25) is 9.59 Å². The molecule has 0 spiro atoms. The number of carbonyl (C=O) groups excluding carboxylic acids is 2. The second-order valence-corrected chi connectivity index (χ2v) is 4.40. The van der Waals surface area contributed by atoms with Gasteiger partial charge in [0.15, 0.2) is 0 Å². The predicted octanol–water partition coefficient (Wildman–Crippen LogP) is 1.58. The van der Waals surface area contributed by atoms with Crippen molar-refractivity contribution in [1.82, 2.24) is 5.32 Å². The maximum absolute atomic E-state index is 11.8. The molecule has 0 radical (unpaired) electrons. The van der Waals surface area contributed by atoms with E-state index in [1.165, 1.54) is 0 Å². The first kappa shape index (κ1) is 13.5. The molecule has 0 aliphatic rings. The Balaban J connectivity index is 2.70. The Morgan fingerprint density at radius 2 is 2.00 bits per heavy atom. The Bertz CT molecular complexity index is 434. The van der Waals surface area contributed by atoms with Gasteiger partial charge in [0.1, 0.15) is 0 Å². The van der Waals surface area contributed by atoms with E-state index in [0.717, 1.165) is 0 Å². The van der Waals surface area contributed by atoms with Crippen molar-refractivity contribution in [1.29, 1.82) is 0 Å². The van der Waals surface area contributed by atoms with E-state index in [2.05, 4.69) is 5.32 Å². The van der Waals surface area contributed by atoms with Crippen LogP contribution in [0.25, 0.3) is 0 Å². The molecule has 2 amide bonds. The lowest BCUT2D eigenvalue weighted by Gasteiger charge is -2.18. The molecule has 92 valence electrons. The Hall–Kier alpha value is -1.55. The minimum Gasteiger partial charge on any atom is -0.369 e. The topological polar surface area (TPSA) is 72.2 Å². The molecule has 0 heterocycles. The molecule has 1 rings (SSSR count). The number of benzene rings is 1. The summed E-state index contributed by atoms with van der Waals surface area (Å²) in [6.45, 7) is 3.41. The molecule has 0 fully saturated rings. The van der Waals surface area contributed by atoms with E-state index in [1.807, 2.05) is 0 Å². The van der Waals surface area contributed by atoms with Gasteiger partial charge in [0, 0.05) is 16.6 Å². The summed E-state index contributed by atoms with van der Waals surface area (Å²) in [6.07, 6.45) is 0. The number of primary amides is 1. The number of halogens is 1. The molecule has 0 aromatic heterocycles. The summed E-state index contributed by atoms with van der Waals surface area (Å²) in [7, 11) is 0. The summed E-state index contributed by atoms with van der Waals surface area (Å²) in [6, 6.07) is 6.29. The Kier molecular flexibility index (Phi) is 4.52. The molecule has 0 bridgehead atoms. The third-order valence-corrected chi connectivity index (χ3v) is 2.88. The van der Waals surface area contributed by atoms with E-state index in [0.29, 0.717) is 10.6 Å². The smallest absolute Gasteiger partial charge is 0.251 e. The van der Waals surface area contributed by atoms with Crippen molar-refractivity contribution in [3.8, 4) is 0 Å². The molecule has 5 heteroatoms. The van der Waals surface area contributed by atoms with Crippen LogP contribution in [0, 0.1) is 5.92 Å². The van der Waals surface area contributed by atoms with E-state index < -0.39 is 11.8 Å². The zero-order valence-corrected chi connectivity index (χ0v) is 10.5. The van der Waals surface area contributed by atoms with E-state index in [9.17, 15) is 9.59 Å². The fraction of sp³-hybridized carbons (Fsp3) is 0.333. The van der Waals surface area contributed by atoms with Crippen LogP contribution in [0.1, 0.15) is 24.2 Å². The third-order valence-electron chi connectivity index (χ3n) is 2.64. The van der Waals surface area contributed by atoms with Gasteiger partial charge in [-0.25, -0.2) is 0 Å². The van der Waals surface area contributed by atoms with Crippen LogP contribution in [0.15, 0.2) is 24.3 Å². The zero-order chi connectivity index (χ0) is 13.0. The molecule has 1 aromatic rings. The van der Waals surface area contributed by atoms with Gasteiger partial charge in [-0.1, -0.05) is 24.6 Å². The van der Waals surface area contributed by atoms with Crippen molar-refractivity contribution in [2.45, 2.75) is 19.9 Å². The largest absolute Gasteiger partial charge is 0.369 e. The second-order valence-electron chi connectivity index (χ2n) is 3.96. The Morgan fingerprint density at radius 3 is 2.53 bits per heavy atom. The molecule has 3 N–H and O–H groups in total. The number of nitrogens with one attached hydrogen (secondary N) is 1. The number of carbonyl (C=O) groups is 2. The van der Waals surface area contributed by atoms with Crippen molar-refractivity contribution < 1.29 is 9.59 Å². The van der Waals surface area contributed by atoms with E-state index in [4.69, 9.17) is 17.3 Å². The number of hydrogen-bond donors (Lipinski definition) is 2. The van der Waals surface area contributed by atoms with Crippen LogP contribution in [0.5, 0.6) is 0 Å². The molecule has 2 atom stereocenters. The Morgan fingerprint density at radius 1 is 1.35 bits per heavy atom. The second kappa shape index (κ2) is 5.68. The molecule has 4 nitrogen and oxygen atoms in total. The van der Waals surface area contributed by atoms with Crippen LogP contribution >= 0.6 is 11.6 Å². The van der Waals surface area contributed by atoms with Gasteiger partial charge < -0.3 is 11.1 Å². The molecule has 2 unspecified atom stereocenters. The number of amides is 2. The standard InChI is InChI=1S/C12H15ClN2O2/c1-7(11(14)16)8(2)15-12(17)9-4-3-5-10(13)6-9/h3-8H,1-2H3,(H2,14,16)(H,15,17). The van der Waals surface area contributed by atoms with Gasteiger partial charge in [-0.15, -0.1) is 0 Å². The highest BCUT2D eigenvalue weighted by Gasteiger charge is 2.19. The summed E-state index contributed by atoms with van der Waals surface area (Å²) < 4.78 is 0. The molecule has 1 aromatic carbocycles. The van der Waals surface area contributed by atoms with Crippen molar-refractivity contribution in [2.24, 2.45) is 11.7 Å². The lowest BCUT2D eigenvalue weighted by atomic mass is 10.0. The minimum absolute atomic E-state index is 0.270. The van der Waals surface area contributed by atoms with Gasteiger partial charge in [0.25, 0.3) is 5.91 Å². The first-order valence-electron chi connectivity index (χ1n) is 5.27. The molecule has 0 aliphatic carbocycles. The van der Waals surface area contributed by atoms with Crippen LogP contribution in [0.2, 0.25) is 5.02 Å². The van der Waals surface area contributed by atoms with E-state index in [1.54, 1.807) is 38.1 Å². The highest BCUT2D eigenvalue weighted by Crippen LogP contribution is 2.11. The molecule has 17 heavy (non-hydrogen) atoms. The average Bonchev–Trinajstić information content (AvgIpc) is 2.27. The quantitative estimate of drug-likeness (QED) is 0.856. The summed E-state index contributed by atoms with van der Waals surface area (Å²) in [5.74, 6) is -1.13. The van der Waals surface area contributed by atoms with E-state index in [-0.39, 0.29) is 11.9 Å². The van der Waals surface area contributed by atoms with Gasteiger partial charge in [-0.2, -0.15) is 0 Å². The van der Waals surface area contributed by atoms with Gasteiger partial charge in [0.2, 0.25) is 5.91 Å². The van der Waals surface area contributed by atoms with Crippen molar-refractivity contribution in [3.05, 3.63) is 34.9 Å². The average molecular weight is 255 g/mol. The summed E-state index contributed by atoms with van der Waals surface area (Å²) in [5.41, 5.74) is 5.62. The van der Waals surface area contributed by atoms with Crippen molar-refractivity contribution >= 4 is 23.4 Å². The van der Waals surface area contributed by atoms with Crippen molar-refractivity contribution in [2.75, 3.05) is 0 Å². The lowest BCUT2D eigenvalue weighted by Crippen LogP contribution is -2.42. The van der Waals surface area contributed by atoms with Crippen LogP contribution in [0.4, 0.5) is 0 Å².